The molecule has 0 bridgehead atoms. The van der Waals surface area contributed by atoms with E-state index in [0.29, 0.717) is 11.3 Å². The Morgan fingerprint density at radius 3 is 2.48 bits per heavy atom. The molecule has 0 aliphatic carbocycles. The summed E-state index contributed by atoms with van der Waals surface area (Å²) in [6.07, 6.45) is 1.40. The first-order valence-electron chi connectivity index (χ1n) is 7.02. The normalized spacial score (nSPS) is 16.3. The first-order chi connectivity index (χ1) is 11.9. The molecule has 1 heterocycles. The molecule has 0 saturated carbocycles. The summed E-state index contributed by atoms with van der Waals surface area (Å²) >= 11 is 14.3. The fraction of sp³-hybridized carbons (Fsp3) is 0. The smallest absolute Gasteiger partial charge is 0.270 e. The summed E-state index contributed by atoms with van der Waals surface area (Å²) in [7, 11) is 0. The van der Waals surface area contributed by atoms with Gasteiger partial charge in [0, 0.05) is 4.47 Å². The van der Waals surface area contributed by atoms with Crippen molar-refractivity contribution < 1.29 is 14.7 Å². The predicted octanol–water partition coefficient (Wildman–Crippen LogP) is 3.64. The zero-order valence-corrected chi connectivity index (χ0v) is 15.7. The molecule has 2 N–H and O–H groups in total. The number of hydrogen-bond acceptors (Lipinski definition) is 4. The summed E-state index contributed by atoms with van der Waals surface area (Å²) in [5.41, 5.74) is 0.955. The van der Waals surface area contributed by atoms with Gasteiger partial charge < -0.3 is 5.11 Å². The molecule has 1 fully saturated rings. The molecule has 126 valence electrons. The minimum absolute atomic E-state index is 0.0122. The molecule has 1 aliphatic rings. The number of anilines is 1. The van der Waals surface area contributed by atoms with Crippen LogP contribution in [0.2, 0.25) is 5.02 Å². The van der Waals surface area contributed by atoms with Gasteiger partial charge in [0.2, 0.25) is 0 Å². The molecule has 2 aromatic rings. The van der Waals surface area contributed by atoms with E-state index in [4.69, 9.17) is 23.8 Å². The third kappa shape index (κ3) is 3.58. The number of phenols is 1. The quantitative estimate of drug-likeness (QED) is 0.428. The van der Waals surface area contributed by atoms with E-state index < -0.39 is 11.8 Å². The third-order valence-corrected chi connectivity index (χ3v) is 4.59. The number of carbonyl (C=O) groups excluding carboxylic acids is 2. The minimum atomic E-state index is -0.590. The topological polar surface area (TPSA) is 69.6 Å². The van der Waals surface area contributed by atoms with Gasteiger partial charge in [-0.2, -0.15) is 0 Å². The number of phenolic OH excluding ortho intramolecular Hbond substituents is 1. The van der Waals surface area contributed by atoms with Crippen molar-refractivity contribution in [3.63, 3.8) is 0 Å². The van der Waals surface area contributed by atoms with Gasteiger partial charge in [0.1, 0.15) is 11.3 Å². The van der Waals surface area contributed by atoms with E-state index in [-0.39, 0.29) is 21.5 Å². The van der Waals surface area contributed by atoms with Crippen LogP contribution in [0.3, 0.4) is 0 Å². The second-order valence-electron chi connectivity index (χ2n) is 5.15. The predicted molar refractivity (Wildman–Crippen MR) is 103 cm³/mol. The zero-order valence-electron chi connectivity index (χ0n) is 12.5. The van der Waals surface area contributed by atoms with Crippen molar-refractivity contribution in [3.05, 3.63) is 63.1 Å². The molecule has 0 atom stereocenters. The second kappa shape index (κ2) is 6.95. The van der Waals surface area contributed by atoms with Crippen LogP contribution in [-0.4, -0.2) is 22.0 Å². The van der Waals surface area contributed by atoms with Crippen molar-refractivity contribution in [1.82, 2.24) is 5.32 Å². The van der Waals surface area contributed by atoms with Crippen LogP contribution in [0.4, 0.5) is 5.69 Å². The number of halogens is 2. The number of nitrogens with one attached hydrogen (secondary N) is 1. The zero-order chi connectivity index (χ0) is 18.1. The number of amides is 2. The molecule has 5 nitrogen and oxygen atoms in total. The van der Waals surface area contributed by atoms with Gasteiger partial charge in [-0.15, -0.1) is 0 Å². The highest BCUT2D eigenvalue weighted by atomic mass is 79.9. The third-order valence-electron chi connectivity index (χ3n) is 3.47. The van der Waals surface area contributed by atoms with E-state index in [1.165, 1.54) is 23.1 Å². The molecule has 1 saturated heterocycles. The van der Waals surface area contributed by atoms with E-state index in [0.717, 1.165) is 4.47 Å². The fourth-order valence-electron chi connectivity index (χ4n) is 2.26. The first-order valence-corrected chi connectivity index (χ1v) is 8.60. The monoisotopic (exact) mass is 436 g/mol. The maximum Gasteiger partial charge on any atom is 0.270 e. The maximum absolute atomic E-state index is 12.8. The average molecular weight is 438 g/mol. The Hall–Kier alpha value is -2.22. The molecule has 3 rings (SSSR count). The van der Waals surface area contributed by atoms with Crippen LogP contribution in [-0.2, 0) is 9.59 Å². The Bertz CT molecular complexity index is 928. The largest absolute Gasteiger partial charge is 0.506 e. The number of thiocarbonyl (C=S) groups is 1. The van der Waals surface area contributed by atoms with E-state index >= 15 is 0 Å². The van der Waals surface area contributed by atoms with Crippen LogP contribution in [0.25, 0.3) is 6.08 Å². The first kappa shape index (κ1) is 17.6. The summed E-state index contributed by atoms with van der Waals surface area (Å²) in [6, 6.07) is 11.3. The van der Waals surface area contributed by atoms with Gasteiger partial charge in [-0.1, -0.05) is 33.6 Å². The van der Waals surface area contributed by atoms with Crippen molar-refractivity contribution in [2.45, 2.75) is 0 Å². The molecule has 25 heavy (non-hydrogen) atoms. The van der Waals surface area contributed by atoms with Gasteiger partial charge in [0.25, 0.3) is 11.8 Å². The van der Waals surface area contributed by atoms with E-state index in [2.05, 4.69) is 21.2 Å². The number of nitrogens with zero attached hydrogens (tertiary/aromatic N) is 1. The lowest BCUT2D eigenvalue weighted by molar-refractivity contribution is -0.122. The molecule has 2 aromatic carbocycles. The maximum atomic E-state index is 12.8. The van der Waals surface area contributed by atoms with Gasteiger partial charge in [-0.05, 0) is 60.3 Å². The SMILES string of the molecule is O=C1NC(=S)N(c2ccc(Br)cc2)C(=O)/C1=C\c1ccc(O)c(Cl)c1. The van der Waals surface area contributed by atoms with Crippen molar-refractivity contribution in [3.8, 4) is 5.75 Å². The van der Waals surface area contributed by atoms with Crippen LogP contribution in [0.1, 0.15) is 5.56 Å². The highest BCUT2D eigenvalue weighted by Gasteiger charge is 2.34. The number of carbonyl (C=O) groups is 2. The van der Waals surface area contributed by atoms with E-state index in [9.17, 15) is 14.7 Å². The molecular weight excluding hydrogens is 428 g/mol. The Kier molecular flexibility index (Phi) is 4.89. The number of benzene rings is 2. The molecule has 0 radical (unpaired) electrons. The Morgan fingerprint density at radius 2 is 1.84 bits per heavy atom. The minimum Gasteiger partial charge on any atom is -0.506 e. The molecular formula is C17H10BrClN2O3S. The molecule has 0 unspecified atom stereocenters. The van der Waals surface area contributed by atoms with E-state index in [1.807, 2.05) is 0 Å². The van der Waals surface area contributed by atoms with Gasteiger partial charge in [-0.3, -0.25) is 19.8 Å². The summed E-state index contributed by atoms with van der Waals surface area (Å²) in [5.74, 6) is -1.21. The van der Waals surface area contributed by atoms with Crippen molar-refractivity contribution in [2.24, 2.45) is 0 Å². The van der Waals surface area contributed by atoms with Crippen LogP contribution >= 0.6 is 39.7 Å². The second-order valence-corrected chi connectivity index (χ2v) is 6.85. The molecule has 1 aliphatic heterocycles. The Labute approximate surface area is 162 Å². The van der Waals surface area contributed by atoms with Crippen LogP contribution in [0.15, 0.2) is 52.5 Å². The lowest BCUT2D eigenvalue weighted by atomic mass is 10.1. The Balaban J connectivity index is 2.01. The molecule has 0 spiro atoms. The van der Waals surface area contributed by atoms with Crippen LogP contribution < -0.4 is 10.2 Å². The summed E-state index contributed by atoms with van der Waals surface area (Å²) < 4.78 is 0.852. The van der Waals surface area contributed by atoms with Gasteiger partial charge in [0.15, 0.2) is 5.11 Å². The standard InChI is InChI=1S/C17H10BrClN2O3S/c18-10-2-4-11(5-3-10)21-16(24)12(15(23)20-17(21)25)7-9-1-6-14(22)13(19)8-9/h1-8,22H,(H,20,23,25)/b12-7-. The van der Waals surface area contributed by atoms with Crippen LogP contribution in [0.5, 0.6) is 5.75 Å². The molecule has 2 amide bonds. The number of rotatable bonds is 2. The van der Waals surface area contributed by atoms with Gasteiger partial charge in [-0.25, -0.2) is 0 Å². The van der Waals surface area contributed by atoms with Gasteiger partial charge >= 0.3 is 0 Å². The Morgan fingerprint density at radius 1 is 1.16 bits per heavy atom. The summed E-state index contributed by atoms with van der Waals surface area (Å²) in [5, 5.41) is 12.1. The highest BCUT2D eigenvalue weighted by molar-refractivity contribution is 9.10. The molecule has 0 aromatic heterocycles. The fourth-order valence-corrected chi connectivity index (χ4v) is 3.00. The van der Waals surface area contributed by atoms with Crippen LogP contribution in [0, 0.1) is 0 Å². The number of aromatic hydroxyl groups is 1. The van der Waals surface area contributed by atoms with Gasteiger partial charge in [0.05, 0.1) is 10.7 Å². The summed E-state index contributed by atoms with van der Waals surface area (Å²) in [4.78, 5) is 26.2. The molecule has 8 heteroatoms. The highest BCUT2D eigenvalue weighted by Crippen LogP contribution is 2.27. The lowest BCUT2D eigenvalue weighted by Crippen LogP contribution is -2.54. The average Bonchev–Trinajstić information content (AvgIpc) is 2.56. The lowest BCUT2D eigenvalue weighted by Gasteiger charge is -2.29. The number of hydrogen-bond donors (Lipinski definition) is 2. The summed E-state index contributed by atoms with van der Waals surface area (Å²) in [6.45, 7) is 0. The van der Waals surface area contributed by atoms with Crippen molar-refractivity contribution >= 4 is 68.4 Å². The van der Waals surface area contributed by atoms with E-state index in [1.54, 1.807) is 30.3 Å². The van der Waals surface area contributed by atoms with Crippen molar-refractivity contribution in [2.75, 3.05) is 4.90 Å². The van der Waals surface area contributed by atoms with Crippen molar-refractivity contribution in [1.29, 1.82) is 0 Å².